The summed E-state index contributed by atoms with van der Waals surface area (Å²) in [6.45, 7) is 8.70. The highest BCUT2D eigenvalue weighted by Crippen LogP contribution is 2.31. The number of nitrogens with zero attached hydrogens (tertiary/aromatic N) is 1. The Labute approximate surface area is 114 Å². The summed E-state index contributed by atoms with van der Waals surface area (Å²) in [6.07, 6.45) is 1.88. The zero-order valence-corrected chi connectivity index (χ0v) is 12.0. The first-order chi connectivity index (χ1) is 8.93. The molecule has 1 aliphatic rings. The van der Waals surface area contributed by atoms with Gasteiger partial charge in [-0.3, -0.25) is 0 Å². The first-order valence-electron chi connectivity index (χ1n) is 6.98. The van der Waals surface area contributed by atoms with Crippen LogP contribution in [0.2, 0.25) is 0 Å². The van der Waals surface area contributed by atoms with E-state index in [0.29, 0.717) is 12.8 Å². The summed E-state index contributed by atoms with van der Waals surface area (Å²) in [7, 11) is 0. The quantitative estimate of drug-likeness (QED) is 0.646. The Morgan fingerprint density at radius 3 is 2.26 bits per heavy atom. The lowest BCUT2D eigenvalue weighted by molar-refractivity contribution is -0.148. The van der Waals surface area contributed by atoms with Gasteiger partial charge in [-0.1, -0.05) is 13.8 Å². The summed E-state index contributed by atoms with van der Waals surface area (Å²) in [5.41, 5.74) is -1.04. The van der Waals surface area contributed by atoms with E-state index < -0.39 is 11.5 Å². The minimum absolute atomic E-state index is 0.00850. The van der Waals surface area contributed by atoms with Crippen LogP contribution in [0.5, 0.6) is 0 Å². The van der Waals surface area contributed by atoms with E-state index in [-0.39, 0.29) is 12.1 Å². The van der Waals surface area contributed by atoms with Gasteiger partial charge in [-0.05, 0) is 39.3 Å². The fraction of sp³-hybridized carbons (Fsp3) is 0.846. The molecule has 2 amide bonds. The first kappa shape index (κ1) is 15.8. The molecule has 0 radical (unpaired) electrons. The third-order valence-corrected chi connectivity index (χ3v) is 3.77. The molecule has 1 aliphatic carbocycles. The largest absolute Gasteiger partial charge is 0.480 e. The molecule has 1 atom stereocenters. The van der Waals surface area contributed by atoms with E-state index in [1.165, 1.54) is 0 Å². The van der Waals surface area contributed by atoms with Gasteiger partial charge < -0.3 is 20.6 Å². The van der Waals surface area contributed by atoms with Crippen LogP contribution in [0.15, 0.2) is 0 Å². The van der Waals surface area contributed by atoms with Crippen LogP contribution in [-0.4, -0.2) is 53.2 Å². The molecule has 1 rings (SSSR count). The van der Waals surface area contributed by atoms with Crippen molar-refractivity contribution >= 4 is 12.0 Å². The maximum atomic E-state index is 11.8. The molecule has 0 spiro atoms. The predicted molar refractivity (Wildman–Crippen MR) is 73.1 cm³/mol. The molecule has 6 heteroatoms. The van der Waals surface area contributed by atoms with E-state index in [1.54, 1.807) is 0 Å². The van der Waals surface area contributed by atoms with Crippen molar-refractivity contribution in [3.8, 4) is 0 Å². The Morgan fingerprint density at radius 1 is 1.32 bits per heavy atom. The lowest BCUT2D eigenvalue weighted by Crippen LogP contribution is -2.62. The van der Waals surface area contributed by atoms with Crippen LogP contribution >= 0.6 is 0 Å². The van der Waals surface area contributed by atoms with Crippen LogP contribution in [-0.2, 0) is 4.79 Å². The predicted octanol–water partition coefficient (Wildman–Crippen LogP) is 1.02. The van der Waals surface area contributed by atoms with Crippen LogP contribution in [0, 0.1) is 0 Å². The molecule has 110 valence electrons. The number of hydrogen-bond donors (Lipinski definition) is 3. The maximum Gasteiger partial charge on any atom is 0.329 e. The summed E-state index contributed by atoms with van der Waals surface area (Å²) in [5, 5.41) is 14.5. The minimum Gasteiger partial charge on any atom is -0.480 e. The maximum absolute atomic E-state index is 11.8. The van der Waals surface area contributed by atoms with Crippen molar-refractivity contribution in [2.75, 3.05) is 19.6 Å². The second-order valence-corrected chi connectivity index (χ2v) is 5.23. The van der Waals surface area contributed by atoms with Gasteiger partial charge in [0.1, 0.15) is 5.54 Å². The molecule has 1 fully saturated rings. The van der Waals surface area contributed by atoms with Gasteiger partial charge in [0.2, 0.25) is 0 Å². The number of carbonyl (C=O) groups is 2. The number of carboxylic acid groups (broad SMARTS) is 1. The molecule has 19 heavy (non-hydrogen) atoms. The fourth-order valence-corrected chi connectivity index (χ4v) is 2.31. The highest BCUT2D eigenvalue weighted by molar-refractivity contribution is 5.87. The van der Waals surface area contributed by atoms with Crippen LogP contribution in [0.1, 0.15) is 40.0 Å². The monoisotopic (exact) mass is 271 g/mol. The zero-order chi connectivity index (χ0) is 14.5. The number of likely N-dealkylation sites (N-methyl/N-ethyl adjacent to an activating group) is 1. The lowest BCUT2D eigenvalue weighted by Gasteiger charge is -2.38. The Bertz CT molecular complexity index is 325. The average Bonchev–Trinajstić information content (AvgIpc) is 2.30. The zero-order valence-electron chi connectivity index (χ0n) is 12.0. The van der Waals surface area contributed by atoms with E-state index in [9.17, 15) is 9.59 Å². The van der Waals surface area contributed by atoms with E-state index in [2.05, 4.69) is 29.4 Å². The van der Waals surface area contributed by atoms with Gasteiger partial charge in [0.05, 0.1) is 0 Å². The third-order valence-electron chi connectivity index (χ3n) is 3.77. The topological polar surface area (TPSA) is 81.7 Å². The average molecular weight is 271 g/mol. The summed E-state index contributed by atoms with van der Waals surface area (Å²) >= 11 is 0. The molecule has 0 aromatic heterocycles. The molecule has 0 heterocycles. The van der Waals surface area contributed by atoms with E-state index >= 15 is 0 Å². The number of amides is 2. The number of urea groups is 1. The summed E-state index contributed by atoms with van der Waals surface area (Å²) in [5.74, 6) is -0.940. The standard InChI is InChI=1S/C13H25N3O3/c1-4-16(5-2)9-10(3)14-12(19)15-13(11(17)18)7-6-8-13/h10H,4-9H2,1-3H3,(H,17,18)(H2,14,15,19). The summed E-state index contributed by atoms with van der Waals surface area (Å²) < 4.78 is 0. The van der Waals surface area contributed by atoms with Gasteiger partial charge in [-0.25, -0.2) is 9.59 Å². The molecular weight excluding hydrogens is 246 g/mol. The fourth-order valence-electron chi connectivity index (χ4n) is 2.31. The number of carboxylic acids is 1. The number of hydrogen-bond acceptors (Lipinski definition) is 3. The normalized spacial score (nSPS) is 18.5. The van der Waals surface area contributed by atoms with E-state index in [0.717, 1.165) is 26.1 Å². The van der Waals surface area contributed by atoms with Crippen molar-refractivity contribution in [3.05, 3.63) is 0 Å². The third kappa shape index (κ3) is 4.09. The van der Waals surface area contributed by atoms with Gasteiger partial charge in [0.25, 0.3) is 0 Å². The molecule has 3 N–H and O–H groups in total. The minimum atomic E-state index is -1.04. The molecule has 0 saturated heterocycles. The van der Waals surface area contributed by atoms with Crippen molar-refractivity contribution < 1.29 is 14.7 Å². The number of nitrogens with one attached hydrogen (secondary N) is 2. The van der Waals surface area contributed by atoms with Gasteiger partial charge in [0, 0.05) is 12.6 Å². The first-order valence-corrected chi connectivity index (χ1v) is 6.98. The van der Waals surface area contributed by atoms with Gasteiger partial charge in [-0.2, -0.15) is 0 Å². The van der Waals surface area contributed by atoms with Crippen molar-refractivity contribution in [2.24, 2.45) is 0 Å². The van der Waals surface area contributed by atoms with Crippen molar-refractivity contribution in [3.63, 3.8) is 0 Å². The van der Waals surface area contributed by atoms with Crippen LogP contribution in [0.3, 0.4) is 0 Å². The van der Waals surface area contributed by atoms with Crippen molar-refractivity contribution in [1.82, 2.24) is 15.5 Å². The summed E-state index contributed by atoms with van der Waals surface area (Å²) in [4.78, 5) is 25.2. The van der Waals surface area contributed by atoms with E-state index in [1.807, 2.05) is 6.92 Å². The Hall–Kier alpha value is -1.30. The molecule has 6 nitrogen and oxygen atoms in total. The van der Waals surface area contributed by atoms with Crippen LogP contribution < -0.4 is 10.6 Å². The van der Waals surface area contributed by atoms with Gasteiger partial charge in [-0.15, -0.1) is 0 Å². The highest BCUT2D eigenvalue weighted by atomic mass is 16.4. The number of carbonyl (C=O) groups excluding carboxylic acids is 1. The smallest absolute Gasteiger partial charge is 0.329 e. The molecule has 0 aromatic rings. The number of aliphatic carboxylic acids is 1. The second kappa shape index (κ2) is 6.75. The lowest BCUT2D eigenvalue weighted by atomic mass is 9.77. The molecule has 0 aliphatic heterocycles. The molecule has 1 unspecified atom stereocenters. The Morgan fingerprint density at radius 2 is 1.89 bits per heavy atom. The van der Waals surface area contributed by atoms with Gasteiger partial charge >= 0.3 is 12.0 Å². The molecule has 0 aromatic carbocycles. The van der Waals surface area contributed by atoms with Crippen molar-refractivity contribution in [2.45, 2.75) is 51.6 Å². The second-order valence-electron chi connectivity index (χ2n) is 5.23. The Balaban J connectivity index is 2.40. The Kier molecular flexibility index (Phi) is 5.60. The van der Waals surface area contributed by atoms with Gasteiger partial charge in [0.15, 0.2) is 0 Å². The molecule has 0 bridgehead atoms. The molecule has 1 saturated carbocycles. The SMILES string of the molecule is CCN(CC)CC(C)NC(=O)NC1(C(=O)O)CCC1. The number of rotatable bonds is 7. The highest BCUT2D eigenvalue weighted by Gasteiger charge is 2.45. The molecular formula is C13H25N3O3. The van der Waals surface area contributed by atoms with Crippen LogP contribution in [0.25, 0.3) is 0 Å². The van der Waals surface area contributed by atoms with Crippen LogP contribution in [0.4, 0.5) is 4.79 Å². The van der Waals surface area contributed by atoms with Crippen molar-refractivity contribution in [1.29, 1.82) is 0 Å². The summed E-state index contributed by atoms with van der Waals surface area (Å²) in [6, 6.07) is -0.396. The van der Waals surface area contributed by atoms with E-state index in [4.69, 9.17) is 5.11 Å².